The molecular formula is C16H12N2O2. The van der Waals surface area contributed by atoms with E-state index in [1.807, 2.05) is 54.9 Å². The zero-order chi connectivity index (χ0) is 13.5. The number of para-hydroxylation sites is 2. The maximum atomic E-state index is 11.8. The Morgan fingerprint density at radius 1 is 1.10 bits per heavy atom. The molecule has 0 spiro atoms. The van der Waals surface area contributed by atoms with Crippen LogP contribution in [0.2, 0.25) is 0 Å². The Hall–Kier alpha value is -2.62. The molecule has 0 saturated heterocycles. The molecule has 4 rings (SSSR count). The average Bonchev–Trinajstić information content (AvgIpc) is 2.92. The Morgan fingerprint density at radius 2 is 1.90 bits per heavy atom. The molecule has 1 aliphatic rings. The standard InChI is InChI=1S/C16H12N2O2/c19-16-12-6-2-1-5-11(12)15(9-20-16)18-10-17-13-7-3-4-8-14(13)18/h1-8,10,15H,9H2. The van der Waals surface area contributed by atoms with E-state index in [0.717, 1.165) is 16.6 Å². The fraction of sp³-hybridized carbons (Fsp3) is 0.125. The van der Waals surface area contributed by atoms with Crippen LogP contribution in [-0.4, -0.2) is 22.1 Å². The first kappa shape index (κ1) is 11.2. The highest BCUT2D eigenvalue weighted by Gasteiger charge is 2.28. The summed E-state index contributed by atoms with van der Waals surface area (Å²) in [6.07, 6.45) is 1.81. The molecule has 0 aliphatic carbocycles. The lowest BCUT2D eigenvalue weighted by Crippen LogP contribution is -2.26. The molecule has 2 aromatic carbocycles. The van der Waals surface area contributed by atoms with Gasteiger partial charge in [0, 0.05) is 0 Å². The lowest BCUT2D eigenvalue weighted by Gasteiger charge is -2.26. The van der Waals surface area contributed by atoms with Gasteiger partial charge >= 0.3 is 5.97 Å². The fourth-order valence-corrected chi connectivity index (χ4v) is 2.75. The van der Waals surface area contributed by atoms with Crippen molar-refractivity contribution in [2.75, 3.05) is 6.61 Å². The normalized spacial score (nSPS) is 17.8. The van der Waals surface area contributed by atoms with Gasteiger partial charge in [0.2, 0.25) is 0 Å². The summed E-state index contributed by atoms with van der Waals surface area (Å²) in [5, 5.41) is 0. The Kier molecular flexibility index (Phi) is 2.36. The van der Waals surface area contributed by atoms with E-state index in [4.69, 9.17) is 4.74 Å². The molecule has 4 nitrogen and oxygen atoms in total. The van der Waals surface area contributed by atoms with Gasteiger partial charge in [0.25, 0.3) is 0 Å². The number of hydrogen-bond acceptors (Lipinski definition) is 3. The molecule has 0 bridgehead atoms. The topological polar surface area (TPSA) is 44.1 Å². The summed E-state index contributed by atoms with van der Waals surface area (Å²) in [6, 6.07) is 15.5. The number of ether oxygens (including phenoxy) is 1. The number of aromatic nitrogens is 2. The van der Waals surface area contributed by atoms with Crippen LogP contribution in [0.1, 0.15) is 22.0 Å². The summed E-state index contributed by atoms with van der Waals surface area (Å²) in [6.45, 7) is 0.343. The second-order valence-electron chi connectivity index (χ2n) is 4.84. The smallest absolute Gasteiger partial charge is 0.338 e. The van der Waals surface area contributed by atoms with Crippen molar-refractivity contribution in [1.29, 1.82) is 0 Å². The van der Waals surface area contributed by atoms with Gasteiger partial charge < -0.3 is 9.30 Å². The van der Waals surface area contributed by atoms with Gasteiger partial charge in [0.15, 0.2) is 0 Å². The lowest BCUT2D eigenvalue weighted by atomic mass is 9.98. The van der Waals surface area contributed by atoms with E-state index in [1.54, 1.807) is 0 Å². The van der Waals surface area contributed by atoms with Crippen LogP contribution in [0.25, 0.3) is 11.0 Å². The molecular weight excluding hydrogens is 252 g/mol. The van der Waals surface area contributed by atoms with Crippen LogP contribution in [0.5, 0.6) is 0 Å². The van der Waals surface area contributed by atoms with Crippen molar-refractivity contribution < 1.29 is 9.53 Å². The van der Waals surface area contributed by atoms with E-state index in [2.05, 4.69) is 9.55 Å². The van der Waals surface area contributed by atoms with Crippen LogP contribution in [0, 0.1) is 0 Å². The zero-order valence-corrected chi connectivity index (χ0v) is 10.7. The number of fused-ring (bicyclic) bond motifs is 2. The van der Waals surface area contributed by atoms with E-state index in [-0.39, 0.29) is 12.0 Å². The molecule has 1 atom stereocenters. The number of rotatable bonds is 1. The molecule has 1 unspecified atom stereocenters. The minimum Gasteiger partial charge on any atom is -0.460 e. The largest absolute Gasteiger partial charge is 0.460 e. The van der Waals surface area contributed by atoms with E-state index in [1.165, 1.54) is 0 Å². The summed E-state index contributed by atoms with van der Waals surface area (Å²) in [4.78, 5) is 16.2. The number of cyclic esters (lactones) is 1. The zero-order valence-electron chi connectivity index (χ0n) is 10.7. The van der Waals surface area contributed by atoms with Gasteiger partial charge in [0.1, 0.15) is 6.61 Å². The number of carbonyl (C=O) groups is 1. The highest BCUT2D eigenvalue weighted by atomic mass is 16.5. The van der Waals surface area contributed by atoms with Crippen LogP contribution in [0.4, 0.5) is 0 Å². The minimum absolute atomic E-state index is 0.0173. The van der Waals surface area contributed by atoms with Gasteiger partial charge in [-0.05, 0) is 23.8 Å². The molecule has 20 heavy (non-hydrogen) atoms. The van der Waals surface area contributed by atoms with E-state index in [0.29, 0.717) is 12.2 Å². The van der Waals surface area contributed by atoms with E-state index in [9.17, 15) is 4.79 Å². The third-order valence-electron chi connectivity index (χ3n) is 3.73. The third-order valence-corrected chi connectivity index (χ3v) is 3.73. The molecule has 0 amide bonds. The van der Waals surface area contributed by atoms with Crippen LogP contribution >= 0.6 is 0 Å². The molecule has 0 radical (unpaired) electrons. The summed E-state index contributed by atoms with van der Waals surface area (Å²) in [5.74, 6) is -0.249. The molecule has 0 saturated carbocycles. The summed E-state index contributed by atoms with van der Waals surface area (Å²) in [7, 11) is 0. The number of carbonyl (C=O) groups excluding carboxylic acids is 1. The molecule has 4 heteroatoms. The van der Waals surface area contributed by atoms with Crippen LogP contribution in [0.3, 0.4) is 0 Å². The van der Waals surface area contributed by atoms with Crippen molar-refractivity contribution in [2.45, 2.75) is 6.04 Å². The van der Waals surface area contributed by atoms with Crippen molar-refractivity contribution in [2.24, 2.45) is 0 Å². The molecule has 0 fully saturated rings. The van der Waals surface area contributed by atoms with E-state index >= 15 is 0 Å². The molecule has 1 aliphatic heterocycles. The van der Waals surface area contributed by atoms with Crippen LogP contribution < -0.4 is 0 Å². The first-order valence-corrected chi connectivity index (χ1v) is 6.52. The van der Waals surface area contributed by atoms with Crippen LogP contribution in [-0.2, 0) is 4.74 Å². The fourth-order valence-electron chi connectivity index (χ4n) is 2.75. The first-order valence-electron chi connectivity index (χ1n) is 6.52. The van der Waals surface area contributed by atoms with Gasteiger partial charge in [-0.2, -0.15) is 0 Å². The van der Waals surface area contributed by atoms with Gasteiger partial charge in [-0.25, -0.2) is 9.78 Å². The predicted molar refractivity (Wildman–Crippen MR) is 74.6 cm³/mol. The maximum Gasteiger partial charge on any atom is 0.338 e. The highest BCUT2D eigenvalue weighted by Crippen LogP contribution is 2.30. The van der Waals surface area contributed by atoms with Gasteiger partial charge in [0.05, 0.1) is 29.0 Å². The van der Waals surface area contributed by atoms with Crippen molar-refractivity contribution >= 4 is 17.0 Å². The Balaban J connectivity index is 1.91. The van der Waals surface area contributed by atoms with Crippen molar-refractivity contribution in [1.82, 2.24) is 9.55 Å². The third kappa shape index (κ3) is 1.54. The summed E-state index contributed by atoms with van der Waals surface area (Å²) < 4.78 is 7.37. The van der Waals surface area contributed by atoms with E-state index < -0.39 is 0 Å². The molecule has 2 heterocycles. The monoisotopic (exact) mass is 264 g/mol. The van der Waals surface area contributed by atoms with Gasteiger partial charge in [-0.15, -0.1) is 0 Å². The summed E-state index contributed by atoms with van der Waals surface area (Å²) >= 11 is 0. The predicted octanol–water partition coefficient (Wildman–Crippen LogP) is 2.80. The highest BCUT2D eigenvalue weighted by molar-refractivity contribution is 5.92. The SMILES string of the molecule is O=C1OCC(n2cnc3ccccc32)c2ccccc21. The van der Waals surface area contributed by atoms with Crippen LogP contribution in [0.15, 0.2) is 54.9 Å². The number of imidazole rings is 1. The molecule has 98 valence electrons. The molecule has 1 aromatic heterocycles. The average molecular weight is 264 g/mol. The summed E-state index contributed by atoms with van der Waals surface area (Å²) in [5.41, 5.74) is 3.63. The van der Waals surface area contributed by atoms with Crippen molar-refractivity contribution in [3.8, 4) is 0 Å². The second-order valence-corrected chi connectivity index (χ2v) is 4.84. The maximum absolute atomic E-state index is 11.8. The molecule has 0 N–H and O–H groups in total. The second kappa shape index (κ2) is 4.20. The Labute approximate surface area is 115 Å². The molecule has 3 aromatic rings. The first-order chi connectivity index (χ1) is 9.84. The number of esters is 1. The lowest BCUT2D eigenvalue weighted by molar-refractivity contribution is 0.0426. The van der Waals surface area contributed by atoms with Crippen molar-refractivity contribution in [3.63, 3.8) is 0 Å². The number of benzene rings is 2. The minimum atomic E-state index is -0.249. The number of nitrogens with zero attached hydrogens (tertiary/aromatic N) is 2. The van der Waals surface area contributed by atoms with Gasteiger partial charge in [-0.3, -0.25) is 0 Å². The Bertz CT molecular complexity index is 807. The Morgan fingerprint density at radius 3 is 2.85 bits per heavy atom. The number of hydrogen-bond donors (Lipinski definition) is 0. The van der Waals surface area contributed by atoms with Gasteiger partial charge in [-0.1, -0.05) is 30.3 Å². The van der Waals surface area contributed by atoms with Crippen molar-refractivity contribution in [3.05, 3.63) is 66.0 Å². The quantitative estimate of drug-likeness (QED) is 0.635.